The van der Waals surface area contributed by atoms with Gasteiger partial charge in [-0.2, -0.15) is 0 Å². The van der Waals surface area contributed by atoms with Gasteiger partial charge in [0.2, 0.25) is 17.7 Å². The molecule has 0 atom stereocenters. The summed E-state index contributed by atoms with van der Waals surface area (Å²) in [4.78, 5) is 114. The largest absolute Gasteiger partial charge is 0.478 e. The van der Waals surface area contributed by atoms with Crippen LogP contribution in [-0.2, 0) is 35.8 Å². The van der Waals surface area contributed by atoms with Gasteiger partial charge in [-0.15, -0.1) is 0 Å². The molecule has 0 radical (unpaired) electrons. The number of carbonyl (C=O) groups excluding carboxylic acids is 5. The number of likely N-dealkylation sites (tertiary alicyclic amines) is 2. The smallest absolute Gasteiger partial charge is 0.336 e. The van der Waals surface area contributed by atoms with Crippen LogP contribution in [0.1, 0.15) is 80.3 Å². The number of carboxylic acid groups (broad SMARTS) is 1. The molecule has 20 heteroatoms. The number of amides is 5. The highest BCUT2D eigenvalue weighted by Crippen LogP contribution is 2.30. The van der Waals surface area contributed by atoms with Crippen LogP contribution < -0.4 is 27.5 Å². The summed E-state index contributed by atoms with van der Waals surface area (Å²) in [6, 6.07) is 18.9. The average Bonchev–Trinajstić information content (AvgIpc) is 3.27. The van der Waals surface area contributed by atoms with Crippen molar-refractivity contribution in [2.75, 3.05) is 26.2 Å². The highest BCUT2D eigenvalue weighted by Gasteiger charge is 2.38. The Hall–Kier alpha value is -7.44. The fraction of sp³-hybridized carbons (Fsp3) is 0.292. The molecule has 5 amide bonds. The Morgan fingerprint density at radius 2 is 0.971 bits per heavy atom. The van der Waals surface area contributed by atoms with Gasteiger partial charge in [-0.3, -0.25) is 42.7 Å². The summed E-state index contributed by atoms with van der Waals surface area (Å²) < 4.78 is 2.21. The lowest BCUT2D eigenvalue weighted by molar-refractivity contribution is -0.142. The molecule has 2 fully saturated rings. The van der Waals surface area contributed by atoms with Crippen molar-refractivity contribution in [3.63, 3.8) is 0 Å². The number of benzene rings is 2. The number of nitrogens with zero attached hydrogens (tertiary/aromatic N) is 6. The first-order chi connectivity index (χ1) is 32.1. The zero-order valence-corrected chi connectivity index (χ0v) is 39.0. The first-order valence-corrected chi connectivity index (χ1v) is 22.1. The van der Waals surface area contributed by atoms with Crippen LogP contribution in [-0.4, -0.2) is 95.7 Å². The molecule has 8 rings (SSSR count). The normalized spacial score (nSPS) is 14.5. The van der Waals surface area contributed by atoms with E-state index >= 15 is 0 Å². The summed E-state index contributed by atoms with van der Waals surface area (Å²) in [7, 11) is 0. The molecule has 352 valence electrons. The predicted molar refractivity (Wildman–Crippen MR) is 253 cm³/mol. The van der Waals surface area contributed by atoms with E-state index in [0.29, 0.717) is 36.2 Å². The molecule has 18 nitrogen and oxygen atoms in total. The van der Waals surface area contributed by atoms with E-state index in [1.165, 1.54) is 36.7 Å². The molecule has 0 saturated carbocycles. The number of hydrogen-bond donors (Lipinski definition) is 4. The van der Waals surface area contributed by atoms with Crippen molar-refractivity contribution in [2.24, 2.45) is 16.6 Å². The maximum Gasteiger partial charge on any atom is 0.336 e. The minimum Gasteiger partial charge on any atom is -0.478 e. The van der Waals surface area contributed by atoms with E-state index in [2.05, 4.69) is 20.6 Å². The number of carbonyl (C=O) groups is 6. The Morgan fingerprint density at radius 3 is 1.32 bits per heavy atom. The summed E-state index contributed by atoms with van der Waals surface area (Å²) in [6.07, 6.45) is 2.61. The first-order valence-electron chi connectivity index (χ1n) is 21.3. The molecule has 6 heterocycles. The van der Waals surface area contributed by atoms with E-state index in [0.717, 1.165) is 20.3 Å². The van der Waals surface area contributed by atoms with Gasteiger partial charge in [-0.05, 0) is 70.5 Å². The van der Waals surface area contributed by atoms with Crippen LogP contribution in [0.5, 0.6) is 0 Å². The van der Waals surface area contributed by atoms with Crippen LogP contribution in [0.4, 0.5) is 0 Å². The van der Waals surface area contributed by atoms with E-state index in [-0.39, 0.29) is 93.1 Å². The van der Waals surface area contributed by atoms with Crippen LogP contribution in [0.15, 0.2) is 94.8 Å². The highest BCUT2D eigenvalue weighted by molar-refractivity contribution is 6.30. The van der Waals surface area contributed by atoms with Gasteiger partial charge in [0.05, 0.1) is 11.1 Å². The fourth-order valence-corrected chi connectivity index (χ4v) is 8.36. The number of fused-ring (bicyclic) bond motifs is 2. The van der Waals surface area contributed by atoms with Gasteiger partial charge in [0.25, 0.3) is 22.9 Å². The molecule has 2 aromatic carbocycles. The van der Waals surface area contributed by atoms with Crippen LogP contribution in [0, 0.1) is 10.8 Å². The minimum atomic E-state index is -1.24. The molecule has 0 bridgehead atoms. The van der Waals surface area contributed by atoms with Crippen molar-refractivity contribution >= 4 is 80.8 Å². The maximum absolute atomic E-state index is 13.3. The summed E-state index contributed by atoms with van der Waals surface area (Å²) in [6.45, 7) is 10.0. The number of nitrogens with two attached hydrogens (primary N) is 1. The molecule has 0 unspecified atom stereocenters. The SMILES string of the molecule is CC1(C)CN(C(=O)Cn2c(=O)c(C(=O)NCc3ccc(Cl)cc3)cc3c(C(=O)O)ccnc32)C1.CC1(C)CN(C(=O)Cn2c(=O)c(C(=O)NCc3ccc(Cl)cc3)cc3c(C(N)=O)ccnc32)C1. The van der Waals surface area contributed by atoms with Gasteiger partial charge in [-0.25, -0.2) is 14.8 Å². The van der Waals surface area contributed by atoms with Gasteiger partial charge >= 0.3 is 5.97 Å². The lowest BCUT2D eigenvalue weighted by Crippen LogP contribution is -2.56. The second-order valence-corrected chi connectivity index (χ2v) is 19.1. The number of aromatic carboxylic acids is 1. The zero-order valence-electron chi connectivity index (χ0n) is 37.5. The molecule has 0 aliphatic carbocycles. The van der Waals surface area contributed by atoms with Gasteiger partial charge in [-0.1, -0.05) is 75.2 Å². The van der Waals surface area contributed by atoms with E-state index in [1.54, 1.807) is 58.3 Å². The molecule has 6 aromatic rings. The number of carboxylic acids is 1. The molecule has 0 spiro atoms. The van der Waals surface area contributed by atoms with Crippen molar-refractivity contribution in [1.29, 1.82) is 0 Å². The van der Waals surface area contributed by atoms with E-state index in [1.807, 2.05) is 27.7 Å². The number of primary amides is 1. The van der Waals surface area contributed by atoms with Crippen LogP contribution in [0.2, 0.25) is 10.0 Å². The third-order valence-corrected chi connectivity index (χ3v) is 12.0. The van der Waals surface area contributed by atoms with Gasteiger partial charge in [0.15, 0.2) is 0 Å². The topological polar surface area (TPSA) is 249 Å². The van der Waals surface area contributed by atoms with Crippen molar-refractivity contribution < 1.29 is 33.9 Å². The Labute approximate surface area is 398 Å². The van der Waals surface area contributed by atoms with Gasteiger partial charge < -0.3 is 31.3 Å². The van der Waals surface area contributed by atoms with E-state index in [4.69, 9.17) is 28.9 Å². The molecule has 2 aliphatic rings. The number of pyridine rings is 4. The molecular weight excluding hydrogens is 917 g/mol. The summed E-state index contributed by atoms with van der Waals surface area (Å²) in [5, 5.41) is 16.4. The average molecular weight is 965 g/mol. The molecule has 2 aliphatic heterocycles. The molecular formula is C48H47Cl2N9O9. The Balaban J connectivity index is 0.000000201. The Bertz CT molecular complexity index is 2920. The van der Waals surface area contributed by atoms with Crippen molar-refractivity contribution in [1.82, 2.24) is 39.5 Å². The third-order valence-electron chi connectivity index (χ3n) is 11.5. The third kappa shape index (κ3) is 10.7. The highest BCUT2D eigenvalue weighted by atomic mass is 35.5. The number of aromatic nitrogens is 4. The summed E-state index contributed by atoms with van der Waals surface area (Å²) in [5.41, 5.74) is 5.33. The number of halogens is 2. The second-order valence-electron chi connectivity index (χ2n) is 18.2. The van der Waals surface area contributed by atoms with E-state index < -0.39 is 34.8 Å². The minimum absolute atomic E-state index is 0.000810. The monoisotopic (exact) mass is 963 g/mol. The standard InChI is InChI=1S/C24H24ClN5O4.C24H23ClN4O5/c1-24(2)12-29(13-24)19(31)11-30-21-17(16(20(26)32)7-8-27-21)9-18(23(30)34)22(33)28-10-14-3-5-15(25)6-4-14;1-24(2)12-28(13-24)19(30)11-29-20-17(16(23(33)34)7-8-26-20)9-18(22(29)32)21(31)27-10-14-3-5-15(25)6-4-14/h3-9H,10-13H2,1-2H3,(H2,26,32)(H,28,33);3-9H,10-13H2,1-2H3,(H,27,31)(H,33,34). The van der Waals surface area contributed by atoms with Crippen molar-refractivity contribution in [3.8, 4) is 0 Å². The molecule has 4 aromatic heterocycles. The van der Waals surface area contributed by atoms with Crippen LogP contribution in [0.25, 0.3) is 22.1 Å². The lowest BCUT2D eigenvalue weighted by atomic mass is 9.84. The predicted octanol–water partition coefficient (Wildman–Crippen LogP) is 4.49. The molecule has 2 saturated heterocycles. The summed E-state index contributed by atoms with van der Waals surface area (Å²) in [5.74, 6) is -3.88. The van der Waals surface area contributed by atoms with Gasteiger partial charge in [0, 0.05) is 72.5 Å². The van der Waals surface area contributed by atoms with E-state index in [9.17, 15) is 43.5 Å². The fourth-order valence-electron chi connectivity index (χ4n) is 8.11. The van der Waals surface area contributed by atoms with Crippen LogP contribution >= 0.6 is 23.2 Å². The first kappa shape index (κ1) is 48.5. The second kappa shape index (κ2) is 19.4. The lowest BCUT2D eigenvalue weighted by Gasteiger charge is -2.45. The number of nitrogens with one attached hydrogen (secondary N) is 2. The Kier molecular flexibility index (Phi) is 13.8. The van der Waals surface area contributed by atoms with Gasteiger partial charge in [0.1, 0.15) is 35.5 Å². The molecule has 68 heavy (non-hydrogen) atoms. The van der Waals surface area contributed by atoms with Crippen molar-refractivity contribution in [2.45, 2.75) is 53.9 Å². The number of rotatable bonds is 12. The zero-order chi connectivity index (χ0) is 49.2. The number of hydrogen-bond acceptors (Lipinski definition) is 10. The van der Waals surface area contributed by atoms with Crippen LogP contribution in [0.3, 0.4) is 0 Å². The summed E-state index contributed by atoms with van der Waals surface area (Å²) >= 11 is 11.8. The van der Waals surface area contributed by atoms with Crippen molar-refractivity contribution in [3.05, 3.63) is 149 Å². The molecule has 5 N–H and O–H groups in total. The Morgan fingerprint density at radius 1 is 0.603 bits per heavy atom. The maximum atomic E-state index is 13.3. The quantitative estimate of drug-likeness (QED) is 0.133.